The van der Waals surface area contributed by atoms with Gasteiger partial charge in [-0.25, -0.2) is 0 Å². The van der Waals surface area contributed by atoms with Gasteiger partial charge in [-0.2, -0.15) is 0 Å². The zero-order valence-corrected chi connectivity index (χ0v) is 12.0. The number of hydrogen-bond donors (Lipinski definition) is 1. The first-order valence-corrected chi connectivity index (χ1v) is 7.61. The number of halogens is 1. The molecule has 88 valence electrons. The first-order chi connectivity index (χ1) is 7.78. The van der Waals surface area contributed by atoms with Gasteiger partial charge in [-0.05, 0) is 53.4 Å². The lowest BCUT2D eigenvalue weighted by Gasteiger charge is -2.27. The molecular formula is C13H18BrNS. The van der Waals surface area contributed by atoms with Crippen LogP contribution in [0.3, 0.4) is 0 Å². The van der Waals surface area contributed by atoms with Crippen molar-refractivity contribution in [1.29, 1.82) is 0 Å². The Bertz CT molecular complexity index is 359. The van der Waals surface area contributed by atoms with Gasteiger partial charge in [0.1, 0.15) is 0 Å². The van der Waals surface area contributed by atoms with Crippen molar-refractivity contribution in [2.75, 3.05) is 6.54 Å². The maximum absolute atomic E-state index is 3.57. The predicted octanol–water partition coefficient (Wildman–Crippen LogP) is 4.30. The molecule has 16 heavy (non-hydrogen) atoms. The second-order valence-corrected chi connectivity index (χ2v) is 6.24. The van der Waals surface area contributed by atoms with Crippen LogP contribution in [0.4, 0.5) is 0 Å². The Morgan fingerprint density at radius 2 is 2.50 bits per heavy atom. The van der Waals surface area contributed by atoms with Gasteiger partial charge < -0.3 is 5.32 Å². The number of hydrogen-bond acceptors (Lipinski definition) is 2. The largest absolute Gasteiger partial charge is 0.310 e. The molecule has 0 spiro atoms. The van der Waals surface area contributed by atoms with Gasteiger partial charge in [0.25, 0.3) is 0 Å². The molecule has 2 heterocycles. The van der Waals surface area contributed by atoms with E-state index in [0.29, 0.717) is 6.04 Å². The van der Waals surface area contributed by atoms with Crippen LogP contribution in [-0.2, 0) is 0 Å². The molecule has 0 aliphatic carbocycles. The Kier molecular flexibility index (Phi) is 4.62. The maximum Gasteiger partial charge on any atom is 0.0288 e. The second-order valence-electron chi connectivity index (χ2n) is 4.39. The SMILES string of the molecule is CCC1CCNC(/C=C/c2cc(Br)cs2)C1. The molecule has 2 rings (SSSR count). The molecule has 1 nitrogen and oxygen atoms in total. The van der Waals surface area contributed by atoms with Crippen LogP contribution in [0.2, 0.25) is 0 Å². The fraction of sp³-hybridized carbons (Fsp3) is 0.538. The highest BCUT2D eigenvalue weighted by Gasteiger charge is 2.17. The molecule has 0 aromatic carbocycles. The molecule has 1 aliphatic rings. The van der Waals surface area contributed by atoms with Gasteiger partial charge in [0.15, 0.2) is 0 Å². The minimum atomic E-state index is 0.569. The fourth-order valence-corrected chi connectivity index (χ4v) is 3.52. The predicted molar refractivity (Wildman–Crippen MR) is 75.9 cm³/mol. The third-order valence-electron chi connectivity index (χ3n) is 3.20. The van der Waals surface area contributed by atoms with E-state index in [9.17, 15) is 0 Å². The Morgan fingerprint density at radius 1 is 1.62 bits per heavy atom. The molecule has 2 atom stereocenters. The van der Waals surface area contributed by atoms with E-state index in [2.05, 4.69) is 51.8 Å². The summed E-state index contributed by atoms with van der Waals surface area (Å²) in [5.41, 5.74) is 0. The molecular weight excluding hydrogens is 282 g/mol. The van der Waals surface area contributed by atoms with Gasteiger partial charge in [-0.15, -0.1) is 11.3 Å². The van der Waals surface area contributed by atoms with E-state index in [0.717, 1.165) is 5.92 Å². The Hall–Kier alpha value is -0.120. The van der Waals surface area contributed by atoms with Crippen LogP contribution in [0.1, 0.15) is 31.1 Å². The number of thiophene rings is 1. The molecule has 1 fully saturated rings. The average molecular weight is 300 g/mol. The first-order valence-electron chi connectivity index (χ1n) is 5.93. The van der Waals surface area contributed by atoms with E-state index in [1.165, 1.54) is 35.2 Å². The monoisotopic (exact) mass is 299 g/mol. The normalized spacial score (nSPS) is 26.4. The van der Waals surface area contributed by atoms with Gasteiger partial charge in [0.05, 0.1) is 0 Å². The molecule has 0 amide bonds. The fourth-order valence-electron chi connectivity index (χ4n) is 2.18. The standard InChI is InChI=1S/C13H18BrNS/c1-2-10-5-6-15-12(7-10)3-4-13-8-11(14)9-16-13/h3-4,8-10,12,15H,2,5-7H2,1H3/b4-3+. The van der Waals surface area contributed by atoms with Crippen molar-refractivity contribution >= 4 is 33.3 Å². The Balaban J connectivity index is 1.91. The molecule has 0 radical (unpaired) electrons. The zero-order chi connectivity index (χ0) is 11.4. The van der Waals surface area contributed by atoms with Gasteiger partial charge in [0.2, 0.25) is 0 Å². The summed E-state index contributed by atoms with van der Waals surface area (Å²) in [6, 6.07) is 2.74. The van der Waals surface area contributed by atoms with E-state index in [1.54, 1.807) is 11.3 Å². The lowest BCUT2D eigenvalue weighted by atomic mass is 9.90. The minimum absolute atomic E-state index is 0.569. The van der Waals surface area contributed by atoms with Crippen molar-refractivity contribution in [3.8, 4) is 0 Å². The van der Waals surface area contributed by atoms with Gasteiger partial charge in [-0.1, -0.05) is 19.4 Å². The van der Waals surface area contributed by atoms with E-state index in [-0.39, 0.29) is 0 Å². The molecule has 2 unspecified atom stereocenters. The summed E-state index contributed by atoms with van der Waals surface area (Å²) >= 11 is 5.26. The van der Waals surface area contributed by atoms with Crippen molar-refractivity contribution in [3.63, 3.8) is 0 Å². The second kappa shape index (κ2) is 5.99. The van der Waals surface area contributed by atoms with Gasteiger partial charge in [-0.3, -0.25) is 0 Å². The summed E-state index contributed by atoms with van der Waals surface area (Å²) in [6.45, 7) is 3.47. The number of rotatable bonds is 3. The summed E-state index contributed by atoms with van der Waals surface area (Å²) in [4.78, 5) is 1.33. The first kappa shape index (κ1) is 12.3. The highest BCUT2D eigenvalue weighted by Crippen LogP contribution is 2.23. The molecule has 1 aromatic rings. The quantitative estimate of drug-likeness (QED) is 0.877. The minimum Gasteiger partial charge on any atom is -0.310 e. The summed E-state index contributed by atoms with van der Waals surface area (Å²) < 4.78 is 1.18. The van der Waals surface area contributed by atoms with Crippen molar-refractivity contribution in [2.45, 2.75) is 32.2 Å². The Labute approximate surface area is 110 Å². The number of nitrogens with one attached hydrogen (secondary N) is 1. The third kappa shape index (κ3) is 3.44. The van der Waals surface area contributed by atoms with Crippen LogP contribution < -0.4 is 5.32 Å². The molecule has 1 aliphatic heterocycles. The topological polar surface area (TPSA) is 12.0 Å². The van der Waals surface area contributed by atoms with Crippen molar-refractivity contribution in [2.24, 2.45) is 5.92 Å². The summed E-state index contributed by atoms with van der Waals surface area (Å²) in [6.07, 6.45) is 8.51. The van der Waals surface area contributed by atoms with E-state index < -0.39 is 0 Å². The highest BCUT2D eigenvalue weighted by atomic mass is 79.9. The third-order valence-corrected chi connectivity index (χ3v) is 4.86. The van der Waals surface area contributed by atoms with Crippen molar-refractivity contribution < 1.29 is 0 Å². The van der Waals surface area contributed by atoms with Crippen LogP contribution >= 0.6 is 27.3 Å². The zero-order valence-electron chi connectivity index (χ0n) is 9.58. The van der Waals surface area contributed by atoms with Crippen LogP contribution in [0, 0.1) is 5.92 Å². The molecule has 3 heteroatoms. The van der Waals surface area contributed by atoms with Crippen LogP contribution in [0.25, 0.3) is 6.08 Å². The van der Waals surface area contributed by atoms with Crippen LogP contribution in [-0.4, -0.2) is 12.6 Å². The molecule has 1 saturated heterocycles. The smallest absolute Gasteiger partial charge is 0.0288 e. The summed E-state index contributed by atoms with van der Waals surface area (Å²) in [5, 5.41) is 5.69. The van der Waals surface area contributed by atoms with Gasteiger partial charge in [0, 0.05) is 20.8 Å². The van der Waals surface area contributed by atoms with Gasteiger partial charge >= 0.3 is 0 Å². The summed E-state index contributed by atoms with van der Waals surface area (Å²) in [5.74, 6) is 0.908. The average Bonchev–Trinajstić information content (AvgIpc) is 2.73. The lowest BCUT2D eigenvalue weighted by Crippen LogP contribution is -2.36. The van der Waals surface area contributed by atoms with Crippen molar-refractivity contribution in [1.82, 2.24) is 5.32 Å². The molecule has 0 bridgehead atoms. The highest BCUT2D eigenvalue weighted by molar-refractivity contribution is 9.10. The number of piperidine rings is 1. The molecule has 1 aromatic heterocycles. The molecule has 0 saturated carbocycles. The van der Waals surface area contributed by atoms with Crippen LogP contribution in [0.15, 0.2) is 22.0 Å². The van der Waals surface area contributed by atoms with Crippen molar-refractivity contribution in [3.05, 3.63) is 26.9 Å². The summed E-state index contributed by atoms with van der Waals surface area (Å²) in [7, 11) is 0. The van der Waals surface area contributed by atoms with E-state index in [1.807, 2.05) is 0 Å². The Morgan fingerprint density at radius 3 is 3.19 bits per heavy atom. The lowest BCUT2D eigenvalue weighted by molar-refractivity contribution is 0.326. The maximum atomic E-state index is 3.57. The molecule has 1 N–H and O–H groups in total. The van der Waals surface area contributed by atoms with E-state index >= 15 is 0 Å². The van der Waals surface area contributed by atoms with Crippen LogP contribution in [0.5, 0.6) is 0 Å². The van der Waals surface area contributed by atoms with E-state index in [4.69, 9.17) is 0 Å².